The van der Waals surface area contributed by atoms with Crippen LogP contribution in [0.25, 0.3) is 0 Å². The van der Waals surface area contributed by atoms with Crippen molar-refractivity contribution in [2.45, 2.75) is 24.5 Å². The Kier molecular flexibility index (Phi) is 9.21. The normalized spacial score (nSPS) is 17.7. The van der Waals surface area contributed by atoms with Crippen LogP contribution in [0, 0.1) is 0 Å². The number of primary amides is 1. The van der Waals surface area contributed by atoms with Crippen molar-refractivity contribution >= 4 is 17.7 Å². The first-order chi connectivity index (χ1) is 20.0. The van der Waals surface area contributed by atoms with Crippen molar-refractivity contribution in [3.8, 4) is 0 Å². The molecule has 0 aliphatic carbocycles. The van der Waals surface area contributed by atoms with Gasteiger partial charge >= 0.3 is 0 Å². The van der Waals surface area contributed by atoms with Crippen molar-refractivity contribution in [1.29, 1.82) is 0 Å². The molecule has 9 nitrogen and oxygen atoms in total. The fourth-order valence-electron chi connectivity index (χ4n) is 5.76. The minimum absolute atomic E-state index is 0.0264. The lowest BCUT2D eigenvalue weighted by atomic mass is 9.72. The number of nitrogens with two attached hydrogens (primary N) is 1. The average Bonchev–Trinajstić information content (AvgIpc) is 3.24. The first-order valence-corrected chi connectivity index (χ1v) is 13.9. The van der Waals surface area contributed by atoms with Gasteiger partial charge in [-0.25, -0.2) is 0 Å². The quantitative estimate of drug-likeness (QED) is 0.231. The Morgan fingerprint density at radius 1 is 0.829 bits per heavy atom. The van der Waals surface area contributed by atoms with Gasteiger partial charge in [0.25, 0.3) is 11.8 Å². The molecule has 0 bridgehead atoms. The molecule has 2 unspecified atom stereocenters. The number of amides is 3. The lowest BCUT2D eigenvalue weighted by Gasteiger charge is -2.43. The second-order valence-corrected chi connectivity index (χ2v) is 10.2. The Labute approximate surface area is 239 Å². The molecular weight excluding hydrogens is 522 g/mol. The number of nitrogens with zero attached hydrogens (tertiary/aromatic N) is 1. The predicted molar refractivity (Wildman–Crippen MR) is 152 cm³/mol. The number of nitrogens with one attached hydrogen (secondary N) is 1. The summed E-state index contributed by atoms with van der Waals surface area (Å²) >= 11 is 0. The molecule has 3 aromatic rings. The summed E-state index contributed by atoms with van der Waals surface area (Å²) in [6.07, 6.45) is 0.0264. The molecule has 2 aliphatic heterocycles. The maximum absolute atomic E-state index is 12.5. The molecular formula is C32H35N3O6. The van der Waals surface area contributed by atoms with Gasteiger partial charge in [0.2, 0.25) is 5.91 Å². The number of carbonyl (C=O) groups excluding carboxylic acids is 3. The second kappa shape index (κ2) is 13.2. The Morgan fingerprint density at radius 2 is 1.44 bits per heavy atom. The highest BCUT2D eigenvalue weighted by Gasteiger charge is 2.45. The van der Waals surface area contributed by atoms with Gasteiger partial charge in [-0.15, -0.1) is 0 Å². The van der Waals surface area contributed by atoms with E-state index in [1.54, 1.807) is 24.3 Å². The highest BCUT2D eigenvalue weighted by atomic mass is 16.6. The van der Waals surface area contributed by atoms with E-state index in [1.165, 1.54) is 10.5 Å². The number of carbonyl (C=O) groups is 3. The van der Waals surface area contributed by atoms with Crippen LogP contribution in [0.5, 0.6) is 0 Å². The molecule has 0 radical (unpaired) electrons. The molecule has 3 amide bonds. The smallest absolute Gasteiger partial charge is 0.261 e. The number of imide groups is 1. The zero-order valence-electron chi connectivity index (χ0n) is 22.9. The van der Waals surface area contributed by atoms with Crippen LogP contribution in [0.4, 0.5) is 0 Å². The van der Waals surface area contributed by atoms with Crippen LogP contribution >= 0.6 is 0 Å². The Morgan fingerprint density at radius 3 is 2.15 bits per heavy atom. The molecule has 5 rings (SSSR count). The minimum atomic E-state index is -0.969. The highest BCUT2D eigenvalue weighted by Crippen LogP contribution is 2.45. The topological polar surface area (TPSA) is 120 Å². The van der Waals surface area contributed by atoms with E-state index in [2.05, 4.69) is 17.4 Å². The maximum atomic E-state index is 12.5. The Bertz CT molecular complexity index is 1350. The number of ether oxygens (including phenoxy) is 3. The molecule has 2 heterocycles. The van der Waals surface area contributed by atoms with E-state index < -0.39 is 11.5 Å². The van der Waals surface area contributed by atoms with Gasteiger partial charge in [0.15, 0.2) is 0 Å². The molecule has 214 valence electrons. The van der Waals surface area contributed by atoms with Crippen LogP contribution in [0.2, 0.25) is 0 Å². The van der Waals surface area contributed by atoms with Crippen LogP contribution < -0.4 is 11.1 Å². The molecule has 0 aromatic heterocycles. The van der Waals surface area contributed by atoms with E-state index in [0.29, 0.717) is 30.9 Å². The van der Waals surface area contributed by atoms with E-state index in [0.717, 1.165) is 17.7 Å². The van der Waals surface area contributed by atoms with Crippen LogP contribution in [-0.4, -0.2) is 68.7 Å². The summed E-state index contributed by atoms with van der Waals surface area (Å²) in [7, 11) is 0. The van der Waals surface area contributed by atoms with Crippen LogP contribution in [0.1, 0.15) is 49.7 Å². The Hall–Kier alpha value is -3.89. The van der Waals surface area contributed by atoms with Crippen LogP contribution in [0.3, 0.4) is 0 Å². The van der Waals surface area contributed by atoms with E-state index in [9.17, 15) is 14.4 Å². The largest absolute Gasteiger partial charge is 0.377 e. The molecule has 0 fully saturated rings. The Balaban J connectivity index is 1.14. The molecule has 3 aromatic carbocycles. The molecule has 0 saturated carbocycles. The first kappa shape index (κ1) is 28.6. The number of hydrogen-bond donors (Lipinski definition) is 2. The summed E-state index contributed by atoms with van der Waals surface area (Å²) in [6, 6.07) is 24.8. The van der Waals surface area contributed by atoms with Gasteiger partial charge in [0.1, 0.15) is 5.60 Å². The molecule has 2 atom stereocenters. The van der Waals surface area contributed by atoms with Gasteiger partial charge in [-0.05, 0) is 28.8 Å². The molecule has 2 aliphatic rings. The summed E-state index contributed by atoms with van der Waals surface area (Å²) in [4.78, 5) is 38.5. The van der Waals surface area contributed by atoms with E-state index >= 15 is 0 Å². The lowest BCUT2D eigenvalue weighted by Crippen LogP contribution is -2.47. The molecule has 0 spiro atoms. The van der Waals surface area contributed by atoms with E-state index in [-0.39, 0.29) is 50.5 Å². The number of fused-ring (bicyclic) bond motifs is 2. The summed E-state index contributed by atoms with van der Waals surface area (Å²) < 4.78 is 18.0. The zero-order chi connectivity index (χ0) is 28.7. The highest BCUT2D eigenvalue weighted by molar-refractivity contribution is 6.21. The maximum Gasteiger partial charge on any atom is 0.261 e. The monoisotopic (exact) mass is 557 g/mol. The fourth-order valence-corrected chi connectivity index (χ4v) is 5.76. The molecule has 0 saturated heterocycles. The minimum Gasteiger partial charge on any atom is -0.377 e. The number of rotatable bonds is 14. The van der Waals surface area contributed by atoms with Crippen molar-refractivity contribution < 1.29 is 28.6 Å². The third-order valence-electron chi connectivity index (χ3n) is 7.65. The third kappa shape index (κ3) is 6.23. The van der Waals surface area contributed by atoms with Crippen molar-refractivity contribution in [2.24, 2.45) is 5.73 Å². The first-order valence-electron chi connectivity index (χ1n) is 13.9. The molecule has 9 heteroatoms. The summed E-state index contributed by atoms with van der Waals surface area (Å²) in [5.74, 6) is -1.16. The third-order valence-corrected chi connectivity index (χ3v) is 7.65. The summed E-state index contributed by atoms with van der Waals surface area (Å²) in [5.41, 5.74) is 8.88. The molecule has 3 N–H and O–H groups in total. The van der Waals surface area contributed by atoms with Crippen molar-refractivity contribution in [3.63, 3.8) is 0 Å². The molecule has 41 heavy (non-hydrogen) atoms. The van der Waals surface area contributed by atoms with Gasteiger partial charge in [0.05, 0.1) is 57.1 Å². The average molecular weight is 558 g/mol. The van der Waals surface area contributed by atoms with Crippen LogP contribution in [0.15, 0.2) is 78.9 Å². The fraction of sp³-hybridized carbons (Fsp3) is 0.344. The summed E-state index contributed by atoms with van der Waals surface area (Å²) in [6.45, 7) is 2.94. The second-order valence-electron chi connectivity index (χ2n) is 10.2. The summed E-state index contributed by atoms with van der Waals surface area (Å²) in [5, 5.41) is 3.47. The van der Waals surface area contributed by atoms with E-state index in [1.807, 2.05) is 42.5 Å². The standard InChI is InChI=1S/C32H35N3O6/c33-29(36)20-32(24-9-2-1-3-10-24,28-22-34-21-23-8-4-5-11-25(23)28)41-19-18-40-17-16-39-15-14-35-30(37)26-12-6-7-13-27(26)31(35)38/h1-13,28,34H,14-22H2,(H2,33,36). The van der Waals surface area contributed by atoms with Gasteiger partial charge in [0, 0.05) is 19.0 Å². The van der Waals surface area contributed by atoms with Gasteiger partial charge in [-0.2, -0.15) is 0 Å². The zero-order valence-corrected chi connectivity index (χ0v) is 22.9. The van der Waals surface area contributed by atoms with Crippen molar-refractivity contribution in [2.75, 3.05) is 46.1 Å². The number of hydrogen-bond acceptors (Lipinski definition) is 7. The number of benzene rings is 3. The SMILES string of the molecule is NC(=O)CC(OCCOCCOCCN1C(=O)c2ccccc2C1=O)(c1ccccc1)C1CNCc2ccccc21. The lowest BCUT2D eigenvalue weighted by molar-refractivity contribution is -0.134. The predicted octanol–water partition coefficient (Wildman–Crippen LogP) is 2.99. The van der Waals surface area contributed by atoms with Gasteiger partial charge in [-0.3, -0.25) is 19.3 Å². The van der Waals surface area contributed by atoms with Crippen molar-refractivity contribution in [3.05, 3.63) is 107 Å². The van der Waals surface area contributed by atoms with Gasteiger partial charge in [-0.1, -0.05) is 66.7 Å². The van der Waals surface area contributed by atoms with E-state index in [4.69, 9.17) is 19.9 Å². The van der Waals surface area contributed by atoms with Crippen LogP contribution in [-0.2, 0) is 31.2 Å². The van der Waals surface area contributed by atoms with Crippen molar-refractivity contribution in [1.82, 2.24) is 10.2 Å². The van der Waals surface area contributed by atoms with Gasteiger partial charge < -0.3 is 25.3 Å².